The molecule has 0 radical (unpaired) electrons. The Balaban J connectivity index is 2.05. The molecule has 1 heterocycles. The van der Waals surface area contributed by atoms with E-state index in [1.807, 2.05) is 0 Å². The molecule has 0 aromatic carbocycles. The summed E-state index contributed by atoms with van der Waals surface area (Å²) in [5.74, 6) is -2.33. The van der Waals surface area contributed by atoms with Crippen LogP contribution in [-0.4, -0.2) is 25.6 Å². The van der Waals surface area contributed by atoms with Crippen molar-refractivity contribution in [2.24, 2.45) is 5.92 Å². The van der Waals surface area contributed by atoms with Gasteiger partial charge in [0.15, 0.2) is 16.1 Å². The zero-order valence-electron chi connectivity index (χ0n) is 9.00. The van der Waals surface area contributed by atoms with Crippen LogP contribution in [0.2, 0.25) is 0 Å². The molecule has 6 nitrogen and oxygen atoms in total. The fourth-order valence-corrected chi connectivity index (χ4v) is 3.27. The van der Waals surface area contributed by atoms with Crippen LogP contribution in [0.15, 0.2) is 15.7 Å². The predicted molar refractivity (Wildman–Crippen MR) is 59.8 cm³/mol. The van der Waals surface area contributed by atoms with Crippen molar-refractivity contribution < 1.29 is 27.5 Å². The number of carboxylic acids is 1. The highest BCUT2D eigenvalue weighted by Crippen LogP contribution is 2.34. The lowest BCUT2D eigenvalue weighted by Gasteiger charge is -2.12. The molecule has 0 bridgehead atoms. The van der Waals surface area contributed by atoms with Crippen LogP contribution in [0.4, 0.5) is 4.39 Å². The highest BCUT2D eigenvalue weighted by Gasteiger charge is 2.38. The van der Waals surface area contributed by atoms with Gasteiger partial charge in [0, 0.05) is 0 Å². The number of carbonyl (C=O) groups is 1. The minimum absolute atomic E-state index is 0.196. The molecule has 1 atom stereocenters. The van der Waals surface area contributed by atoms with E-state index in [1.165, 1.54) is 5.38 Å². The fourth-order valence-electron chi connectivity index (χ4n) is 1.37. The lowest BCUT2D eigenvalue weighted by Crippen LogP contribution is -2.35. The van der Waals surface area contributed by atoms with Gasteiger partial charge in [0.2, 0.25) is 0 Å². The van der Waals surface area contributed by atoms with Crippen LogP contribution in [0.25, 0.3) is 0 Å². The molecule has 0 amide bonds. The van der Waals surface area contributed by atoms with Crippen molar-refractivity contribution in [3.8, 4) is 0 Å². The summed E-state index contributed by atoms with van der Waals surface area (Å²) in [6.45, 7) is 0. The van der Waals surface area contributed by atoms with Crippen LogP contribution < -0.4 is 4.89 Å². The Morgan fingerprint density at radius 3 is 2.72 bits per heavy atom. The molecule has 1 saturated carbocycles. The van der Waals surface area contributed by atoms with E-state index < -0.39 is 32.1 Å². The summed E-state index contributed by atoms with van der Waals surface area (Å²) >= 11 is 0.688. The van der Waals surface area contributed by atoms with Crippen molar-refractivity contribution in [1.29, 1.82) is 0 Å². The minimum Gasteiger partial charge on any atom is -0.479 e. The standard InChI is InChI=1S/C9H10FNO5S2/c10-6-3-4-17-9(6)18(14,15)11-16-7(8(12)13)5-1-2-5/h3-5,7,11H,1-2H2,(H,12,13). The van der Waals surface area contributed by atoms with Crippen molar-refractivity contribution in [2.45, 2.75) is 23.2 Å². The third kappa shape index (κ3) is 2.86. The number of carboxylic acid groups (broad SMARTS) is 1. The van der Waals surface area contributed by atoms with Crippen molar-refractivity contribution in [3.63, 3.8) is 0 Å². The van der Waals surface area contributed by atoms with Gasteiger partial charge in [-0.3, -0.25) is 4.84 Å². The van der Waals surface area contributed by atoms with Gasteiger partial charge < -0.3 is 5.11 Å². The first-order chi connectivity index (χ1) is 8.42. The van der Waals surface area contributed by atoms with Crippen LogP contribution >= 0.6 is 11.3 Å². The molecular formula is C9H10FNO5S2. The second kappa shape index (κ2) is 4.92. The Kier molecular flexibility index (Phi) is 3.66. The topological polar surface area (TPSA) is 92.7 Å². The Morgan fingerprint density at radius 2 is 2.28 bits per heavy atom. The highest BCUT2D eigenvalue weighted by atomic mass is 32.2. The molecule has 1 fully saturated rings. The largest absolute Gasteiger partial charge is 0.479 e. The van der Waals surface area contributed by atoms with Crippen LogP contribution in [-0.2, 0) is 19.7 Å². The van der Waals surface area contributed by atoms with E-state index in [9.17, 15) is 17.6 Å². The number of sulfonamides is 1. The van der Waals surface area contributed by atoms with Crippen LogP contribution in [0, 0.1) is 11.7 Å². The fraction of sp³-hybridized carbons (Fsp3) is 0.444. The lowest BCUT2D eigenvalue weighted by molar-refractivity contribution is -0.154. The first-order valence-electron chi connectivity index (χ1n) is 5.05. The van der Waals surface area contributed by atoms with Gasteiger partial charge in [-0.2, -0.15) is 0 Å². The SMILES string of the molecule is O=C(O)C(ONS(=O)(=O)c1sccc1F)C1CC1. The zero-order valence-corrected chi connectivity index (χ0v) is 10.6. The molecular weight excluding hydrogens is 285 g/mol. The monoisotopic (exact) mass is 295 g/mol. The average molecular weight is 295 g/mol. The number of halogens is 1. The minimum atomic E-state index is -4.17. The van der Waals surface area contributed by atoms with Crippen molar-refractivity contribution in [2.75, 3.05) is 0 Å². The van der Waals surface area contributed by atoms with Gasteiger partial charge in [-0.1, -0.05) is 4.89 Å². The Morgan fingerprint density at radius 1 is 1.61 bits per heavy atom. The molecule has 18 heavy (non-hydrogen) atoms. The molecule has 0 saturated heterocycles. The second-order valence-electron chi connectivity index (χ2n) is 3.86. The summed E-state index contributed by atoms with van der Waals surface area (Å²) in [4.78, 5) is 17.2. The third-order valence-corrected chi connectivity index (χ3v) is 5.03. The Bertz CT molecular complexity index is 551. The number of nitrogens with one attached hydrogen (secondary N) is 1. The van der Waals surface area contributed by atoms with Gasteiger partial charge in [0.25, 0.3) is 10.0 Å². The van der Waals surface area contributed by atoms with E-state index in [1.54, 1.807) is 4.89 Å². The van der Waals surface area contributed by atoms with Gasteiger partial charge in [-0.05, 0) is 30.2 Å². The predicted octanol–water partition coefficient (Wildman–Crippen LogP) is 0.960. The Hall–Kier alpha value is -1.03. The number of hydrogen-bond acceptors (Lipinski definition) is 5. The van der Waals surface area contributed by atoms with E-state index in [0.717, 1.165) is 6.07 Å². The number of thiophene rings is 1. The third-order valence-electron chi connectivity index (χ3n) is 2.41. The number of rotatable bonds is 6. The molecule has 100 valence electrons. The van der Waals surface area contributed by atoms with Crippen molar-refractivity contribution in [3.05, 3.63) is 17.3 Å². The van der Waals surface area contributed by atoms with E-state index in [0.29, 0.717) is 24.2 Å². The molecule has 1 aliphatic rings. The van der Waals surface area contributed by atoms with Gasteiger partial charge in [0.05, 0.1) is 0 Å². The quantitative estimate of drug-likeness (QED) is 0.763. The summed E-state index contributed by atoms with van der Waals surface area (Å²) < 4.78 is 35.8. The summed E-state index contributed by atoms with van der Waals surface area (Å²) in [6, 6.07) is 1.01. The van der Waals surface area contributed by atoms with Gasteiger partial charge in [0.1, 0.15) is 0 Å². The van der Waals surface area contributed by atoms with Gasteiger partial charge in [-0.15, -0.1) is 11.3 Å². The maximum Gasteiger partial charge on any atom is 0.335 e. The van der Waals surface area contributed by atoms with E-state index in [4.69, 9.17) is 5.11 Å². The maximum absolute atomic E-state index is 13.1. The number of hydrogen-bond donors (Lipinski definition) is 2. The first kappa shape index (κ1) is 13.4. The van der Waals surface area contributed by atoms with Gasteiger partial charge in [-0.25, -0.2) is 17.6 Å². The van der Waals surface area contributed by atoms with Gasteiger partial charge >= 0.3 is 5.97 Å². The normalized spacial score (nSPS) is 17.6. The molecule has 1 aliphatic carbocycles. The smallest absolute Gasteiger partial charge is 0.335 e. The summed E-state index contributed by atoms with van der Waals surface area (Å²) in [5.41, 5.74) is 0. The van der Waals surface area contributed by atoms with Crippen LogP contribution in [0.1, 0.15) is 12.8 Å². The average Bonchev–Trinajstić information content (AvgIpc) is 2.99. The van der Waals surface area contributed by atoms with E-state index in [2.05, 4.69) is 4.84 Å². The maximum atomic E-state index is 13.1. The molecule has 0 aliphatic heterocycles. The molecule has 1 aromatic heterocycles. The summed E-state index contributed by atoms with van der Waals surface area (Å²) in [7, 11) is -4.17. The van der Waals surface area contributed by atoms with Crippen LogP contribution in [0.3, 0.4) is 0 Å². The first-order valence-corrected chi connectivity index (χ1v) is 7.41. The molecule has 9 heteroatoms. The lowest BCUT2D eigenvalue weighted by atomic mass is 10.2. The number of aliphatic carboxylic acids is 1. The van der Waals surface area contributed by atoms with Crippen molar-refractivity contribution >= 4 is 27.3 Å². The van der Waals surface area contributed by atoms with E-state index in [-0.39, 0.29) is 5.92 Å². The highest BCUT2D eigenvalue weighted by molar-refractivity contribution is 7.91. The van der Waals surface area contributed by atoms with E-state index >= 15 is 0 Å². The zero-order chi connectivity index (χ0) is 13.3. The molecule has 2 N–H and O–H groups in total. The Labute approximate surface area is 106 Å². The molecule has 0 spiro atoms. The summed E-state index contributed by atoms with van der Waals surface area (Å²) in [5, 5.41) is 10.1. The second-order valence-corrected chi connectivity index (χ2v) is 6.61. The van der Waals surface area contributed by atoms with Crippen LogP contribution in [0.5, 0.6) is 0 Å². The summed E-state index contributed by atoms with van der Waals surface area (Å²) in [6.07, 6.45) is 0.112. The molecule has 2 rings (SSSR count). The molecule has 1 unspecified atom stereocenters. The van der Waals surface area contributed by atoms with Crippen molar-refractivity contribution in [1.82, 2.24) is 4.89 Å². The molecule has 1 aromatic rings.